The van der Waals surface area contributed by atoms with Crippen LogP contribution in [0.2, 0.25) is 10.0 Å². The van der Waals surface area contributed by atoms with Crippen LogP contribution in [0.25, 0.3) is 0 Å². The Bertz CT molecular complexity index is 527. The number of halogens is 3. The van der Waals surface area contributed by atoms with E-state index in [-0.39, 0.29) is 5.41 Å². The maximum atomic E-state index is 13.2. The summed E-state index contributed by atoms with van der Waals surface area (Å²) < 4.78 is 13.2. The molecule has 0 amide bonds. The molecule has 1 aromatic rings. The van der Waals surface area contributed by atoms with Crippen molar-refractivity contribution in [2.45, 2.75) is 49.8 Å². The molecule has 3 rings (SSSR count). The predicted octanol–water partition coefficient (Wildman–Crippen LogP) is 4.21. The molecular formula is C17H22Cl2FNO. The van der Waals surface area contributed by atoms with Gasteiger partial charge in [0.1, 0.15) is 6.17 Å². The van der Waals surface area contributed by atoms with Crippen molar-refractivity contribution in [3.05, 3.63) is 33.8 Å². The van der Waals surface area contributed by atoms with E-state index in [0.717, 1.165) is 37.9 Å². The second-order valence-electron chi connectivity index (χ2n) is 6.63. The predicted molar refractivity (Wildman–Crippen MR) is 88.6 cm³/mol. The number of aliphatic hydroxyl groups is 1. The molecule has 22 heavy (non-hydrogen) atoms. The van der Waals surface area contributed by atoms with Crippen molar-refractivity contribution in [2.75, 3.05) is 19.6 Å². The van der Waals surface area contributed by atoms with Gasteiger partial charge >= 0.3 is 0 Å². The highest BCUT2D eigenvalue weighted by atomic mass is 35.5. The number of benzene rings is 1. The van der Waals surface area contributed by atoms with Gasteiger partial charge in [0.15, 0.2) is 0 Å². The maximum Gasteiger partial charge on any atom is 0.103 e. The molecule has 1 heterocycles. The molecule has 0 bridgehead atoms. The van der Waals surface area contributed by atoms with Crippen molar-refractivity contribution in [3.8, 4) is 0 Å². The Morgan fingerprint density at radius 3 is 2.45 bits per heavy atom. The summed E-state index contributed by atoms with van der Waals surface area (Å²) in [6.07, 6.45) is 3.07. The smallest absolute Gasteiger partial charge is 0.103 e. The lowest BCUT2D eigenvalue weighted by atomic mass is 9.61. The molecule has 1 aliphatic carbocycles. The summed E-state index contributed by atoms with van der Waals surface area (Å²) in [6, 6.07) is 5.67. The molecule has 0 aromatic heterocycles. The molecule has 1 aromatic carbocycles. The van der Waals surface area contributed by atoms with Crippen LogP contribution in [0.1, 0.15) is 37.7 Å². The van der Waals surface area contributed by atoms with Gasteiger partial charge in [-0.25, -0.2) is 4.39 Å². The summed E-state index contributed by atoms with van der Waals surface area (Å²) in [5.41, 5.74) is 0.849. The second kappa shape index (κ2) is 6.64. The highest BCUT2D eigenvalue weighted by Crippen LogP contribution is 2.47. The van der Waals surface area contributed by atoms with Crippen LogP contribution in [-0.4, -0.2) is 41.9 Å². The fraction of sp³-hybridized carbons (Fsp3) is 0.647. The zero-order chi connectivity index (χ0) is 15.7. The van der Waals surface area contributed by atoms with Gasteiger partial charge in [0.05, 0.1) is 16.1 Å². The molecule has 1 unspecified atom stereocenters. The standard InChI is InChI=1S/C17H22Cl2FNO/c18-14-3-2-12(10-15(14)19)17(6-1-7-17)16(22)11-21-8-4-13(20)5-9-21/h2-3,10,13,16,22H,1,4-9,11H2. The monoisotopic (exact) mass is 345 g/mol. The number of hydrogen-bond donors (Lipinski definition) is 1. The van der Waals surface area contributed by atoms with E-state index < -0.39 is 12.3 Å². The summed E-state index contributed by atoms with van der Waals surface area (Å²) in [5, 5.41) is 11.9. The van der Waals surface area contributed by atoms with Crippen molar-refractivity contribution in [1.82, 2.24) is 4.90 Å². The molecule has 122 valence electrons. The summed E-state index contributed by atoms with van der Waals surface area (Å²) in [6.45, 7) is 2.07. The Balaban J connectivity index is 1.73. The molecule has 5 heteroatoms. The number of likely N-dealkylation sites (tertiary alicyclic amines) is 1. The molecule has 0 radical (unpaired) electrons. The van der Waals surface area contributed by atoms with Gasteiger partial charge in [0.25, 0.3) is 0 Å². The lowest BCUT2D eigenvalue weighted by molar-refractivity contribution is -0.00592. The fourth-order valence-corrected chi connectivity index (χ4v) is 3.98. The van der Waals surface area contributed by atoms with Crippen molar-refractivity contribution < 1.29 is 9.50 Å². The number of rotatable bonds is 4. The largest absolute Gasteiger partial charge is 0.391 e. The molecule has 2 fully saturated rings. The minimum Gasteiger partial charge on any atom is -0.391 e. The van der Waals surface area contributed by atoms with Gasteiger partial charge in [-0.05, 0) is 43.4 Å². The van der Waals surface area contributed by atoms with Gasteiger partial charge in [-0.2, -0.15) is 0 Å². The number of aliphatic hydroxyl groups excluding tert-OH is 1. The van der Waals surface area contributed by atoms with E-state index in [2.05, 4.69) is 4.90 Å². The van der Waals surface area contributed by atoms with Gasteiger partial charge in [0.2, 0.25) is 0 Å². The lowest BCUT2D eigenvalue weighted by Gasteiger charge is -2.47. The van der Waals surface area contributed by atoms with E-state index in [9.17, 15) is 9.50 Å². The summed E-state index contributed by atoms with van der Waals surface area (Å²) in [7, 11) is 0. The molecule has 1 atom stereocenters. The summed E-state index contributed by atoms with van der Waals surface area (Å²) in [4.78, 5) is 2.18. The van der Waals surface area contributed by atoms with Gasteiger partial charge in [-0.1, -0.05) is 35.7 Å². The highest BCUT2D eigenvalue weighted by Gasteiger charge is 2.45. The topological polar surface area (TPSA) is 23.5 Å². The number of piperidine rings is 1. The van der Waals surface area contributed by atoms with Crippen LogP contribution >= 0.6 is 23.2 Å². The first-order valence-corrected chi connectivity index (χ1v) is 8.77. The van der Waals surface area contributed by atoms with Crippen LogP contribution in [0.15, 0.2) is 18.2 Å². The van der Waals surface area contributed by atoms with Crippen molar-refractivity contribution in [3.63, 3.8) is 0 Å². The first-order chi connectivity index (χ1) is 10.5. The highest BCUT2D eigenvalue weighted by molar-refractivity contribution is 6.42. The van der Waals surface area contributed by atoms with E-state index in [1.54, 1.807) is 6.07 Å². The normalized spacial score (nSPS) is 24.0. The average molecular weight is 346 g/mol. The Kier molecular flexibility index (Phi) is 4.98. The summed E-state index contributed by atoms with van der Waals surface area (Å²) >= 11 is 12.2. The number of β-amino-alcohol motifs (C(OH)–C–C–N with tert-alkyl or cyclic N) is 1. The molecule has 1 N–H and O–H groups in total. The molecule has 0 spiro atoms. The number of nitrogens with zero attached hydrogens (tertiary/aromatic N) is 1. The third kappa shape index (κ3) is 3.14. The Morgan fingerprint density at radius 1 is 1.23 bits per heavy atom. The minimum atomic E-state index is -0.680. The quantitative estimate of drug-likeness (QED) is 0.883. The van der Waals surface area contributed by atoms with Gasteiger partial charge in [0, 0.05) is 25.0 Å². The van der Waals surface area contributed by atoms with E-state index in [4.69, 9.17) is 23.2 Å². The van der Waals surface area contributed by atoms with Crippen LogP contribution in [0.4, 0.5) is 4.39 Å². The van der Waals surface area contributed by atoms with E-state index in [1.165, 1.54) is 0 Å². The van der Waals surface area contributed by atoms with Crippen molar-refractivity contribution in [1.29, 1.82) is 0 Å². The third-order valence-corrected chi connectivity index (χ3v) is 6.07. The zero-order valence-electron chi connectivity index (χ0n) is 12.6. The van der Waals surface area contributed by atoms with Crippen LogP contribution in [0.5, 0.6) is 0 Å². The first-order valence-electron chi connectivity index (χ1n) is 8.01. The molecule has 1 saturated heterocycles. The van der Waals surface area contributed by atoms with Crippen LogP contribution in [-0.2, 0) is 5.41 Å². The molecule has 1 saturated carbocycles. The van der Waals surface area contributed by atoms with Crippen molar-refractivity contribution in [2.24, 2.45) is 0 Å². The third-order valence-electron chi connectivity index (χ3n) is 5.33. The Morgan fingerprint density at radius 2 is 1.91 bits per heavy atom. The van der Waals surface area contributed by atoms with E-state index >= 15 is 0 Å². The summed E-state index contributed by atoms with van der Waals surface area (Å²) in [5.74, 6) is 0. The number of hydrogen-bond acceptors (Lipinski definition) is 2. The lowest BCUT2D eigenvalue weighted by Crippen LogP contribution is -2.52. The minimum absolute atomic E-state index is 0.221. The maximum absolute atomic E-state index is 13.2. The van der Waals surface area contributed by atoms with E-state index in [1.807, 2.05) is 12.1 Å². The van der Waals surface area contributed by atoms with E-state index in [0.29, 0.717) is 29.4 Å². The van der Waals surface area contributed by atoms with Crippen LogP contribution < -0.4 is 0 Å². The van der Waals surface area contributed by atoms with Crippen LogP contribution in [0.3, 0.4) is 0 Å². The Labute approximate surface area is 141 Å². The van der Waals surface area contributed by atoms with Crippen molar-refractivity contribution >= 4 is 23.2 Å². The fourth-order valence-electron chi connectivity index (χ4n) is 3.68. The Hall–Kier alpha value is -0.350. The zero-order valence-corrected chi connectivity index (χ0v) is 14.1. The second-order valence-corrected chi connectivity index (χ2v) is 7.44. The first kappa shape index (κ1) is 16.5. The SMILES string of the molecule is OC(CN1CCC(F)CC1)C1(c2ccc(Cl)c(Cl)c2)CCC1. The molecular weight excluding hydrogens is 324 g/mol. The molecule has 2 nitrogen and oxygen atoms in total. The van der Waals surface area contributed by atoms with Gasteiger partial charge < -0.3 is 10.0 Å². The molecule has 2 aliphatic rings. The van der Waals surface area contributed by atoms with Gasteiger partial charge in [-0.15, -0.1) is 0 Å². The van der Waals surface area contributed by atoms with Crippen LogP contribution in [0, 0.1) is 0 Å². The van der Waals surface area contributed by atoms with Gasteiger partial charge in [-0.3, -0.25) is 0 Å². The molecule has 1 aliphatic heterocycles. The number of alkyl halides is 1. The average Bonchev–Trinajstić information content (AvgIpc) is 2.44.